The largest absolute Gasteiger partial charge is 0.352 e. The fraction of sp³-hybridized carbons (Fsp3) is 0.211. The van der Waals surface area contributed by atoms with Crippen molar-refractivity contribution in [3.05, 3.63) is 59.9 Å². The molecular formula is C19H18FN3O3. The zero-order valence-electron chi connectivity index (χ0n) is 14.0. The van der Waals surface area contributed by atoms with Crippen molar-refractivity contribution in [3.8, 4) is 0 Å². The molecule has 0 saturated carbocycles. The fourth-order valence-corrected chi connectivity index (χ4v) is 2.75. The highest BCUT2D eigenvalue weighted by atomic mass is 19.1. The number of fused-ring (bicyclic) bond motifs is 1. The summed E-state index contributed by atoms with van der Waals surface area (Å²) in [6.45, 7) is 0.125. The molecule has 1 heterocycles. The highest BCUT2D eigenvalue weighted by Crippen LogP contribution is 2.29. The molecule has 0 bridgehead atoms. The highest BCUT2D eigenvalue weighted by Gasteiger charge is 2.26. The molecule has 1 aliphatic heterocycles. The zero-order valence-corrected chi connectivity index (χ0v) is 14.0. The predicted octanol–water partition coefficient (Wildman–Crippen LogP) is 2.21. The number of nitrogens with one attached hydrogen (secondary N) is 2. The SMILES string of the molecule is O=C(CCC(=O)N1CC(=O)Nc2ccccc21)NCc1cccc(F)c1. The van der Waals surface area contributed by atoms with Crippen LogP contribution in [0.5, 0.6) is 0 Å². The summed E-state index contributed by atoms with van der Waals surface area (Å²) in [6.07, 6.45) is -0.0228. The smallest absolute Gasteiger partial charge is 0.244 e. The number of para-hydroxylation sites is 2. The van der Waals surface area contributed by atoms with Crippen LogP contribution in [0.4, 0.5) is 15.8 Å². The number of hydrogen-bond acceptors (Lipinski definition) is 3. The van der Waals surface area contributed by atoms with Gasteiger partial charge in [-0.1, -0.05) is 24.3 Å². The van der Waals surface area contributed by atoms with E-state index in [0.717, 1.165) is 0 Å². The van der Waals surface area contributed by atoms with Crippen LogP contribution in [0.25, 0.3) is 0 Å². The Kier molecular flexibility index (Phi) is 5.26. The molecule has 2 aromatic carbocycles. The highest BCUT2D eigenvalue weighted by molar-refractivity contribution is 6.10. The Morgan fingerprint density at radius 3 is 2.73 bits per heavy atom. The van der Waals surface area contributed by atoms with Gasteiger partial charge >= 0.3 is 0 Å². The molecule has 3 rings (SSSR count). The lowest BCUT2D eigenvalue weighted by Gasteiger charge is -2.29. The maximum Gasteiger partial charge on any atom is 0.244 e. The predicted molar refractivity (Wildman–Crippen MR) is 94.9 cm³/mol. The van der Waals surface area contributed by atoms with Crippen molar-refractivity contribution in [2.24, 2.45) is 0 Å². The minimum absolute atomic E-state index is 0.00552. The van der Waals surface area contributed by atoms with Crippen LogP contribution in [0.1, 0.15) is 18.4 Å². The second-order valence-corrected chi connectivity index (χ2v) is 5.95. The van der Waals surface area contributed by atoms with Gasteiger partial charge in [-0.15, -0.1) is 0 Å². The maximum absolute atomic E-state index is 13.1. The molecule has 0 unspecified atom stereocenters. The van der Waals surface area contributed by atoms with Crippen molar-refractivity contribution >= 4 is 29.1 Å². The third kappa shape index (κ3) is 4.24. The molecule has 0 spiro atoms. The standard InChI is InChI=1S/C19H18FN3O3/c20-14-5-3-4-13(10-14)11-21-17(24)8-9-19(26)23-12-18(25)22-15-6-1-2-7-16(15)23/h1-7,10H,8-9,11-12H2,(H,21,24)(H,22,25). The van der Waals surface area contributed by atoms with Gasteiger partial charge in [-0.05, 0) is 29.8 Å². The molecule has 3 amide bonds. The number of benzene rings is 2. The Balaban J connectivity index is 1.54. The first-order chi connectivity index (χ1) is 12.5. The second-order valence-electron chi connectivity index (χ2n) is 5.95. The van der Waals surface area contributed by atoms with E-state index in [-0.39, 0.29) is 49.5 Å². The van der Waals surface area contributed by atoms with Gasteiger partial charge < -0.3 is 15.5 Å². The van der Waals surface area contributed by atoms with E-state index in [0.29, 0.717) is 16.9 Å². The number of hydrogen-bond donors (Lipinski definition) is 2. The molecule has 7 heteroatoms. The Hall–Kier alpha value is -3.22. The van der Waals surface area contributed by atoms with Crippen molar-refractivity contribution in [1.82, 2.24) is 5.32 Å². The van der Waals surface area contributed by atoms with Crippen molar-refractivity contribution in [1.29, 1.82) is 0 Å². The van der Waals surface area contributed by atoms with Crippen LogP contribution in [0.3, 0.4) is 0 Å². The van der Waals surface area contributed by atoms with Gasteiger partial charge in [-0.3, -0.25) is 14.4 Å². The van der Waals surface area contributed by atoms with Gasteiger partial charge in [0, 0.05) is 19.4 Å². The third-order valence-corrected chi connectivity index (χ3v) is 4.02. The van der Waals surface area contributed by atoms with Crippen LogP contribution in [0, 0.1) is 5.82 Å². The Bertz CT molecular complexity index is 853. The summed E-state index contributed by atoms with van der Waals surface area (Å²) in [5, 5.41) is 5.37. The summed E-state index contributed by atoms with van der Waals surface area (Å²) in [4.78, 5) is 37.5. The fourth-order valence-electron chi connectivity index (χ4n) is 2.75. The van der Waals surface area contributed by atoms with Crippen molar-refractivity contribution in [2.45, 2.75) is 19.4 Å². The van der Waals surface area contributed by atoms with Crippen LogP contribution >= 0.6 is 0 Å². The van der Waals surface area contributed by atoms with Crippen molar-refractivity contribution in [3.63, 3.8) is 0 Å². The number of halogens is 1. The van der Waals surface area contributed by atoms with Gasteiger partial charge in [-0.25, -0.2) is 4.39 Å². The summed E-state index contributed by atoms with van der Waals surface area (Å²) in [5.74, 6) is -1.24. The number of anilines is 2. The van der Waals surface area contributed by atoms with E-state index >= 15 is 0 Å². The summed E-state index contributed by atoms with van der Waals surface area (Å²) in [5.41, 5.74) is 1.84. The van der Waals surface area contributed by atoms with E-state index in [9.17, 15) is 18.8 Å². The number of rotatable bonds is 5. The topological polar surface area (TPSA) is 78.5 Å². The summed E-state index contributed by atoms with van der Waals surface area (Å²) in [7, 11) is 0. The van der Waals surface area contributed by atoms with E-state index in [1.54, 1.807) is 36.4 Å². The molecule has 6 nitrogen and oxygen atoms in total. The van der Waals surface area contributed by atoms with Crippen molar-refractivity contribution in [2.75, 3.05) is 16.8 Å². The lowest BCUT2D eigenvalue weighted by Crippen LogP contribution is -2.42. The maximum atomic E-state index is 13.1. The lowest BCUT2D eigenvalue weighted by molar-refractivity contribution is -0.125. The molecule has 26 heavy (non-hydrogen) atoms. The first-order valence-electron chi connectivity index (χ1n) is 8.23. The number of amides is 3. The van der Waals surface area contributed by atoms with Gasteiger partial charge in [0.05, 0.1) is 11.4 Å². The molecule has 0 atom stereocenters. The first-order valence-corrected chi connectivity index (χ1v) is 8.23. The number of nitrogens with zero attached hydrogens (tertiary/aromatic N) is 1. The molecule has 0 fully saturated rings. The monoisotopic (exact) mass is 355 g/mol. The van der Waals surface area contributed by atoms with Crippen molar-refractivity contribution < 1.29 is 18.8 Å². The molecule has 0 aromatic heterocycles. The normalized spacial score (nSPS) is 13.0. The number of carbonyl (C=O) groups is 3. The van der Waals surface area contributed by atoms with E-state index in [4.69, 9.17) is 0 Å². The average molecular weight is 355 g/mol. The van der Waals surface area contributed by atoms with E-state index in [2.05, 4.69) is 10.6 Å². The molecule has 1 aliphatic rings. The van der Waals surface area contributed by atoms with Gasteiger partial charge in [0.2, 0.25) is 17.7 Å². The summed E-state index contributed by atoms with van der Waals surface area (Å²) < 4.78 is 13.1. The third-order valence-electron chi connectivity index (χ3n) is 4.02. The van der Waals surface area contributed by atoms with Crippen LogP contribution in [0.2, 0.25) is 0 Å². The van der Waals surface area contributed by atoms with Crippen LogP contribution < -0.4 is 15.5 Å². The minimum atomic E-state index is -0.367. The van der Waals surface area contributed by atoms with Gasteiger partial charge in [0.25, 0.3) is 0 Å². The summed E-state index contributed by atoms with van der Waals surface area (Å²) >= 11 is 0. The molecule has 0 saturated heterocycles. The molecule has 0 aliphatic carbocycles. The Labute approximate surface area is 150 Å². The van der Waals surface area contributed by atoms with E-state index < -0.39 is 0 Å². The van der Waals surface area contributed by atoms with E-state index in [1.807, 2.05) is 0 Å². The second kappa shape index (κ2) is 7.77. The van der Waals surface area contributed by atoms with E-state index in [1.165, 1.54) is 17.0 Å². The van der Waals surface area contributed by atoms with Crippen LogP contribution in [-0.4, -0.2) is 24.3 Å². The van der Waals surface area contributed by atoms with Gasteiger partial charge in [0.1, 0.15) is 12.4 Å². The number of carbonyl (C=O) groups excluding carboxylic acids is 3. The molecule has 134 valence electrons. The Morgan fingerprint density at radius 1 is 1.12 bits per heavy atom. The summed E-state index contributed by atoms with van der Waals surface area (Å²) in [6, 6.07) is 13.0. The van der Waals surface area contributed by atoms with Gasteiger partial charge in [0.15, 0.2) is 0 Å². The molecule has 0 radical (unpaired) electrons. The first kappa shape index (κ1) is 17.6. The van der Waals surface area contributed by atoms with Gasteiger partial charge in [-0.2, -0.15) is 0 Å². The molecule has 2 N–H and O–H groups in total. The average Bonchev–Trinajstić information content (AvgIpc) is 2.63. The Morgan fingerprint density at radius 2 is 1.92 bits per heavy atom. The zero-order chi connectivity index (χ0) is 18.5. The van der Waals surface area contributed by atoms with Crippen LogP contribution in [-0.2, 0) is 20.9 Å². The lowest BCUT2D eigenvalue weighted by atomic mass is 10.1. The molecular weight excluding hydrogens is 337 g/mol. The molecule has 2 aromatic rings. The minimum Gasteiger partial charge on any atom is -0.352 e. The van der Waals surface area contributed by atoms with Crippen LogP contribution in [0.15, 0.2) is 48.5 Å². The quantitative estimate of drug-likeness (QED) is 0.863.